The molecule has 2 heterocycles. The third-order valence-corrected chi connectivity index (χ3v) is 2.64. The third kappa shape index (κ3) is 2.13. The first kappa shape index (κ1) is 10.6. The van der Waals surface area contributed by atoms with Crippen LogP contribution in [0.4, 0.5) is 11.7 Å². The maximum atomic E-state index is 5.68. The first-order valence-corrected chi connectivity index (χ1v) is 5.68. The second-order valence-corrected chi connectivity index (χ2v) is 4.00. The zero-order valence-corrected chi connectivity index (χ0v) is 9.68. The van der Waals surface area contributed by atoms with Crippen LogP contribution in [0.5, 0.6) is 0 Å². The van der Waals surface area contributed by atoms with Crippen molar-refractivity contribution in [1.82, 2.24) is 15.0 Å². The van der Waals surface area contributed by atoms with Crippen LogP contribution in [0.15, 0.2) is 35.1 Å². The van der Waals surface area contributed by atoms with Crippen LogP contribution >= 0.6 is 0 Å². The SMILES string of the molecule is Nc1ccc2oc(NCCc3cnc[nH]3)nc2c1. The van der Waals surface area contributed by atoms with Gasteiger partial charge in [0.25, 0.3) is 6.01 Å². The predicted octanol–water partition coefficient (Wildman–Crippen LogP) is 1.79. The van der Waals surface area contributed by atoms with Gasteiger partial charge in [-0.25, -0.2) is 4.98 Å². The number of hydrogen-bond acceptors (Lipinski definition) is 5. The second kappa shape index (κ2) is 4.40. The fourth-order valence-electron chi connectivity index (χ4n) is 1.75. The van der Waals surface area contributed by atoms with Crippen molar-refractivity contribution >= 4 is 22.8 Å². The van der Waals surface area contributed by atoms with Gasteiger partial charge in [0.15, 0.2) is 5.58 Å². The molecule has 0 unspecified atom stereocenters. The molecule has 0 spiro atoms. The van der Waals surface area contributed by atoms with E-state index in [1.54, 1.807) is 24.7 Å². The summed E-state index contributed by atoms with van der Waals surface area (Å²) in [6, 6.07) is 5.91. The summed E-state index contributed by atoms with van der Waals surface area (Å²) in [5.41, 5.74) is 8.93. The average Bonchev–Trinajstić information content (AvgIpc) is 2.97. The molecule has 18 heavy (non-hydrogen) atoms. The molecule has 6 nitrogen and oxygen atoms in total. The Kier molecular flexibility index (Phi) is 2.60. The lowest BCUT2D eigenvalue weighted by atomic mass is 10.3. The summed E-state index contributed by atoms with van der Waals surface area (Å²) < 4.78 is 5.54. The summed E-state index contributed by atoms with van der Waals surface area (Å²) in [7, 11) is 0. The number of oxazole rings is 1. The van der Waals surface area contributed by atoms with Crippen LogP contribution in [-0.2, 0) is 6.42 Å². The Bertz CT molecular complexity index is 644. The topological polar surface area (TPSA) is 92.8 Å². The van der Waals surface area contributed by atoms with E-state index in [4.69, 9.17) is 10.2 Å². The molecule has 0 aliphatic rings. The van der Waals surface area contributed by atoms with Gasteiger partial charge in [-0.2, -0.15) is 4.98 Å². The summed E-state index contributed by atoms with van der Waals surface area (Å²) in [5, 5.41) is 3.13. The Morgan fingerprint density at radius 1 is 1.39 bits per heavy atom. The van der Waals surface area contributed by atoms with Crippen molar-refractivity contribution in [3.63, 3.8) is 0 Å². The van der Waals surface area contributed by atoms with Gasteiger partial charge in [0, 0.05) is 30.5 Å². The van der Waals surface area contributed by atoms with Gasteiger partial charge < -0.3 is 20.5 Å². The molecule has 3 rings (SSSR count). The van der Waals surface area contributed by atoms with Gasteiger partial charge in [-0.05, 0) is 18.2 Å². The quantitative estimate of drug-likeness (QED) is 0.607. The number of hydrogen-bond donors (Lipinski definition) is 3. The highest BCUT2D eigenvalue weighted by atomic mass is 16.4. The van der Waals surface area contributed by atoms with E-state index in [9.17, 15) is 0 Å². The fourth-order valence-corrected chi connectivity index (χ4v) is 1.75. The van der Waals surface area contributed by atoms with Crippen molar-refractivity contribution in [2.24, 2.45) is 0 Å². The highest BCUT2D eigenvalue weighted by molar-refractivity contribution is 5.78. The molecular formula is C12H13N5O. The van der Waals surface area contributed by atoms with Crippen molar-refractivity contribution in [3.8, 4) is 0 Å². The number of nitrogen functional groups attached to an aromatic ring is 1. The molecule has 0 aliphatic heterocycles. The minimum absolute atomic E-state index is 0.509. The number of benzene rings is 1. The summed E-state index contributed by atoms with van der Waals surface area (Å²) in [6.07, 6.45) is 4.30. The fraction of sp³-hybridized carbons (Fsp3) is 0.167. The molecule has 0 fully saturated rings. The molecular weight excluding hydrogens is 230 g/mol. The number of rotatable bonds is 4. The van der Waals surface area contributed by atoms with E-state index < -0.39 is 0 Å². The minimum atomic E-state index is 0.509. The summed E-state index contributed by atoms with van der Waals surface area (Å²) in [5.74, 6) is 0. The van der Waals surface area contributed by atoms with E-state index >= 15 is 0 Å². The van der Waals surface area contributed by atoms with E-state index in [-0.39, 0.29) is 0 Å². The molecule has 0 atom stereocenters. The second-order valence-electron chi connectivity index (χ2n) is 4.00. The first-order chi connectivity index (χ1) is 8.81. The third-order valence-electron chi connectivity index (χ3n) is 2.64. The van der Waals surface area contributed by atoms with Crippen LogP contribution in [0.3, 0.4) is 0 Å². The van der Waals surface area contributed by atoms with Gasteiger partial charge in [-0.15, -0.1) is 0 Å². The average molecular weight is 243 g/mol. The molecule has 1 aromatic carbocycles. The van der Waals surface area contributed by atoms with Crippen LogP contribution in [0, 0.1) is 0 Å². The lowest BCUT2D eigenvalue weighted by molar-refractivity contribution is 0.614. The van der Waals surface area contributed by atoms with Crippen LogP contribution in [0.1, 0.15) is 5.69 Å². The number of nitrogens with zero attached hydrogens (tertiary/aromatic N) is 2. The van der Waals surface area contributed by atoms with Gasteiger partial charge in [0.05, 0.1) is 6.33 Å². The van der Waals surface area contributed by atoms with Crippen LogP contribution in [0.25, 0.3) is 11.1 Å². The van der Waals surface area contributed by atoms with Crippen LogP contribution in [-0.4, -0.2) is 21.5 Å². The van der Waals surface area contributed by atoms with Gasteiger partial charge >= 0.3 is 0 Å². The molecule has 6 heteroatoms. The smallest absolute Gasteiger partial charge is 0.295 e. The number of fused-ring (bicyclic) bond motifs is 1. The number of imidazole rings is 1. The van der Waals surface area contributed by atoms with Crippen LogP contribution < -0.4 is 11.1 Å². The monoisotopic (exact) mass is 243 g/mol. The lowest BCUT2D eigenvalue weighted by Gasteiger charge is -1.98. The largest absolute Gasteiger partial charge is 0.424 e. The Morgan fingerprint density at radius 2 is 2.33 bits per heavy atom. The van der Waals surface area contributed by atoms with Crippen molar-refractivity contribution in [1.29, 1.82) is 0 Å². The molecule has 0 saturated carbocycles. The van der Waals surface area contributed by atoms with Gasteiger partial charge in [-0.1, -0.05) is 0 Å². The Labute approximate surface area is 103 Å². The summed E-state index contributed by atoms with van der Waals surface area (Å²) in [6.45, 7) is 0.727. The minimum Gasteiger partial charge on any atom is -0.424 e. The number of aromatic amines is 1. The molecule has 4 N–H and O–H groups in total. The Morgan fingerprint density at radius 3 is 3.17 bits per heavy atom. The Hall–Kier alpha value is -2.50. The van der Waals surface area contributed by atoms with Gasteiger partial charge in [-0.3, -0.25) is 0 Å². The zero-order chi connectivity index (χ0) is 12.4. The maximum absolute atomic E-state index is 5.68. The highest BCUT2D eigenvalue weighted by Gasteiger charge is 2.05. The zero-order valence-electron chi connectivity index (χ0n) is 9.68. The molecule has 0 amide bonds. The molecule has 0 radical (unpaired) electrons. The first-order valence-electron chi connectivity index (χ1n) is 5.68. The number of anilines is 2. The number of nitrogens with one attached hydrogen (secondary N) is 2. The van der Waals surface area contributed by atoms with E-state index in [1.807, 2.05) is 6.07 Å². The number of H-pyrrole nitrogens is 1. The van der Waals surface area contributed by atoms with Crippen molar-refractivity contribution in [3.05, 3.63) is 36.4 Å². The molecule has 0 aliphatic carbocycles. The Balaban J connectivity index is 1.67. The molecule has 92 valence electrons. The molecule has 0 bridgehead atoms. The van der Waals surface area contributed by atoms with Crippen LogP contribution in [0.2, 0.25) is 0 Å². The maximum Gasteiger partial charge on any atom is 0.295 e. The standard InChI is InChI=1S/C12H13N5O/c13-8-1-2-11-10(5-8)17-12(18-11)15-4-3-9-6-14-7-16-9/h1-2,5-7H,3-4,13H2,(H,14,16)(H,15,17). The normalized spacial score (nSPS) is 10.9. The van der Waals surface area contributed by atoms with E-state index in [2.05, 4.69) is 20.3 Å². The van der Waals surface area contributed by atoms with E-state index in [1.165, 1.54) is 0 Å². The van der Waals surface area contributed by atoms with E-state index in [0.717, 1.165) is 29.8 Å². The number of nitrogens with two attached hydrogens (primary N) is 1. The highest BCUT2D eigenvalue weighted by Crippen LogP contribution is 2.20. The van der Waals surface area contributed by atoms with Crippen molar-refractivity contribution in [2.75, 3.05) is 17.6 Å². The molecule has 3 aromatic rings. The van der Waals surface area contributed by atoms with Crippen molar-refractivity contribution < 1.29 is 4.42 Å². The summed E-state index contributed by atoms with van der Waals surface area (Å²) in [4.78, 5) is 11.3. The molecule has 0 saturated heterocycles. The van der Waals surface area contributed by atoms with Gasteiger partial charge in [0.1, 0.15) is 5.52 Å². The number of aromatic nitrogens is 3. The summed E-state index contributed by atoms with van der Waals surface area (Å²) >= 11 is 0. The predicted molar refractivity (Wildman–Crippen MR) is 69.2 cm³/mol. The van der Waals surface area contributed by atoms with Gasteiger partial charge in [0.2, 0.25) is 0 Å². The van der Waals surface area contributed by atoms with E-state index in [0.29, 0.717) is 11.7 Å². The molecule has 2 aromatic heterocycles. The lowest BCUT2D eigenvalue weighted by Crippen LogP contribution is -2.04. The van der Waals surface area contributed by atoms with Crippen molar-refractivity contribution in [2.45, 2.75) is 6.42 Å².